The Labute approximate surface area is 102 Å². The van der Waals surface area contributed by atoms with Gasteiger partial charge in [-0.2, -0.15) is 11.8 Å². The molecule has 0 unspecified atom stereocenters. The van der Waals surface area contributed by atoms with Crippen molar-refractivity contribution in [3.8, 4) is 0 Å². The third-order valence-corrected chi connectivity index (χ3v) is 3.92. The van der Waals surface area contributed by atoms with Crippen molar-refractivity contribution in [3.05, 3.63) is 12.7 Å². The van der Waals surface area contributed by atoms with Crippen LogP contribution >= 0.6 is 11.8 Å². The van der Waals surface area contributed by atoms with Crippen molar-refractivity contribution in [2.45, 2.75) is 25.3 Å². The molecule has 0 aromatic carbocycles. The second-order valence-corrected chi connectivity index (χ2v) is 5.13. The minimum absolute atomic E-state index is 0.0961. The molecule has 92 valence electrons. The van der Waals surface area contributed by atoms with E-state index >= 15 is 0 Å². The van der Waals surface area contributed by atoms with Crippen molar-refractivity contribution < 1.29 is 9.53 Å². The predicted octanol–water partition coefficient (Wildman–Crippen LogP) is 1.93. The van der Waals surface area contributed by atoms with Gasteiger partial charge in [-0.3, -0.25) is 9.69 Å². The number of carbonyl (C=O) groups is 1. The Hall–Kier alpha value is -0.480. The van der Waals surface area contributed by atoms with E-state index < -0.39 is 0 Å². The maximum Gasteiger partial charge on any atom is 0.307 e. The normalized spacial score (nSPS) is 21.7. The molecule has 0 aliphatic carbocycles. The maximum atomic E-state index is 11.3. The Balaban J connectivity index is 2.37. The molecule has 1 aliphatic heterocycles. The zero-order valence-electron chi connectivity index (χ0n) is 9.98. The van der Waals surface area contributed by atoms with Crippen LogP contribution in [-0.4, -0.2) is 48.6 Å². The Morgan fingerprint density at radius 3 is 3.19 bits per heavy atom. The van der Waals surface area contributed by atoms with Crippen molar-refractivity contribution in [2.75, 3.05) is 31.7 Å². The van der Waals surface area contributed by atoms with Crippen LogP contribution in [0.4, 0.5) is 0 Å². The van der Waals surface area contributed by atoms with Gasteiger partial charge >= 0.3 is 5.97 Å². The zero-order chi connectivity index (χ0) is 11.8. The van der Waals surface area contributed by atoms with E-state index in [4.69, 9.17) is 4.74 Å². The van der Waals surface area contributed by atoms with Gasteiger partial charge in [0.05, 0.1) is 13.5 Å². The Kier molecular flexibility index (Phi) is 6.57. The van der Waals surface area contributed by atoms with Gasteiger partial charge in [0.1, 0.15) is 0 Å². The highest BCUT2D eigenvalue weighted by Gasteiger charge is 2.24. The van der Waals surface area contributed by atoms with Crippen LogP contribution in [0, 0.1) is 0 Å². The molecule has 0 amide bonds. The number of thioether (sulfide) groups is 1. The molecule has 1 heterocycles. The summed E-state index contributed by atoms with van der Waals surface area (Å²) in [6.45, 7) is 5.88. The topological polar surface area (TPSA) is 29.5 Å². The molecule has 0 bridgehead atoms. The van der Waals surface area contributed by atoms with Crippen LogP contribution < -0.4 is 0 Å². The van der Waals surface area contributed by atoms with Crippen molar-refractivity contribution >= 4 is 17.7 Å². The summed E-state index contributed by atoms with van der Waals surface area (Å²) < 4.78 is 4.74. The number of carbonyl (C=O) groups excluding carboxylic acids is 1. The van der Waals surface area contributed by atoms with Crippen molar-refractivity contribution in [2.24, 2.45) is 0 Å². The second kappa shape index (κ2) is 7.74. The molecule has 16 heavy (non-hydrogen) atoms. The first kappa shape index (κ1) is 13.6. The van der Waals surface area contributed by atoms with Crippen LogP contribution in [0.15, 0.2) is 12.7 Å². The van der Waals surface area contributed by atoms with E-state index in [0.717, 1.165) is 31.7 Å². The number of esters is 1. The number of hydrogen-bond donors (Lipinski definition) is 0. The van der Waals surface area contributed by atoms with Crippen LogP contribution in [0.5, 0.6) is 0 Å². The lowest BCUT2D eigenvalue weighted by Gasteiger charge is -2.34. The third kappa shape index (κ3) is 4.58. The van der Waals surface area contributed by atoms with E-state index in [1.165, 1.54) is 12.9 Å². The summed E-state index contributed by atoms with van der Waals surface area (Å²) in [5, 5.41) is 0. The lowest BCUT2D eigenvalue weighted by molar-refractivity contribution is -0.141. The summed E-state index contributed by atoms with van der Waals surface area (Å²) in [5.74, 6) is 2.12. The Bertz CT molecular complexity index is 233. The predicted molar refractivity (Wildman–Crippen MR) is 68.8 cm³/mol. The highest BCUT2D eigenvalue weighted by atomic mass is 32.2. The molecule has 1 aliphatic rings. The molecule has 1 rings (SSSR count). The van der Waals surface area contributed by atoms with Crippen molar-refractivity contribution in [1.29, 1.82) is 0 Å². The molecule has 0 spiro atoms. The lowest BCUT2D eigenvalue weighted by Crippen LogP contribution is -2.44. The summed E-state index contributed by atoms with van der Waals surface area (Å²) in [5.41, 5.74) is 0. The van der Waals surface area contributed by atoms with Gasteiger partial charge in [-0.1, -0.05) is 6.08 Å². The zero-order valence-corrected chi connectivity index (χ0v) is 10.8. The maximum absolute atomic E-state index is 11.3. The minimum atomic E-state index is -0.0961. The fourth-order valence-corrected chi connectivity index (χ4v) is 3.02. The number of allylic oxidation sites excluding steroid dienone is 1. The Morgan fingerprint density at radius 2 is 2.50 bits per heavy atom. The number of nitrogens with zero attached hydrogens (tertiary/aromatic N) is 1. The van der Waals surface area contributed by atoms with Crippen LogP contribution in [0.3, 0.4) is 0 Å². The van der Waals surface area contributed by atoms with E-state index in [1.54, 1.807) is 0 Å². The number of rotatable bonds is 6. The number of hydrogen-bond acceptors (Lipinski definition) is 4. The van der Waals surface area contributed by atoms with E-state index in [-0.39, 0.29) is 5.97 Å². The van der Waals surface area contributed by atoms with Gasteiger partial charge in [-0.25, -0.2) is 0 Å². The van der Waals surface area contributed by atoms with Gasteiger partial charge < -0.3 is 4.74 Å². The summed E-state index contributed by atoms with van der Waals surface area (Å²) in [6, 6.07) is 0.357. The summed E-state index contributed by atoms with van der Waals surface area (Å²) >= 11 is 1.93. The first-order chi connectivity index (χ1) is 7.77. The summed E-state index contributed by atoms with van der Waals surface area (Å²) in [4.78, 5) is 13.7. The molecule has 1 saturated heterocycles. The Morgan fingerprint density at radius 1 is 1.69 bits per heavy atom. The van der Waals surface area contributed by atoms with Crippen molar-refractivity contribution in [3.63, 3.8) is 0 Å². The molecule has 1 fully saturated rings. The average molecular weight is 243 g/mol. The first-order valence-corrected chi connectivity index (χ1v) is 6.93. The standard InChI is InChI=1S/C12H21NO2S/c1-3-4-5-6-13-7-8-16-10-11(13)9-12(14)15-2/h3,11H,1,4-10H2,2H3/t11-/m0/s1. The molecule has 0 saturated carbocycles. The van der Waals surface area contributed by atoms with E-state index in [2.05, 4.69) is 11.5 Å². The molecule has 3 nitrogen and oxygen atoms in total. The molecule has 4 heteroatoms. The summed E-state index contributed by atoms with van der Waals surface area (Å²) in [6.07, 6.45) is 4.66. The monoisotopic (exact) mass is 243 g/mol. The first-order valence-electron chi connectivity index (χ1n) is 5.77. The van der Waals surface area contributed by atoms with Crippen LogP contribution in [0.25, 0.3) is 0 Å². The number of ether oxygens (including phenoxy) is 1. The second-order valence-electron chi connectivity index (χ2n) is 3.98. The molecular formula is C12H21NO2S. The fourth-order valence-electron chi connectivity index (χ4n) is 1.89. The van der Waals surface area contributed by atoms with Crippen molar-refractivity contribution in [1.82, 2.24) is 4.90 Å². The molecule has 0 N–H and O–H groups in total. The average Bonchev–Trinajstić information content (AvgIpc) is 2.31. The quantitative estimate of drug-likeness (QED) is 0.405. The molecule has 1 atom stereocenters. The van der Waals surface area contributed by atoms with Gasteiger partial charge in [-0.05, 0) is 19.4 Å². The lowest BCUT2D eigenvalue weighted by atomic mass is 10.1. The molecule has 0 radical (unpaired) electrons. The minimum Gasteiger partial charge on any atom is -0.469 e. The van der Waals surface area contributed by atoms with Crippen LogP contribution in [-0.2, 0) is 9.53 Å². The molecular weight excluding hydrogens is 222 g/mol. The largest absolute Gasteiger partial charge is 0.469 e. The fraction of sp³-hybridized carbons (Fsp3) is 0.750. The molecule has 0 aromatic heterocycles. The smallest absolute Gasteiger partial charge is 0.307 e. The van der Waals surface area contributed by atoms with Crippen LogP contribution in [0.2, 0.25) is 0 Å². The van der Waals surface area contributed by atoms with E-state index in [1.807, 2.05) is 17.8 Å². The van der Waals surface area contributed by atoms with E-state index in [9.17, 15) is 4.79 Å². The number of methoxy groups -OCH3 is 1. The van der Waals surface area contributed by atoms with Gasteiger partial charge in [0, 0.05) is 24.1 Å². The van der Waals surface area contributed by atoms with Gasteiger partial charge in [0.15, 0.2) is 0 Å². The highest BCUT2D eigenvalue weighted by molar-refractivity contribution is 7.99. The van der Waals surface area contributed by atoms with Gasteiger partial charge in [-0.15, -0.1) is 6.58 Å². The summed E-state index contributed by atoms with van der Waals surface area (Å²) in [7, 11) is 1.46. The highest BCUT2D eigenvalue weighted by Crippen LogP contribution is 2.19. The van der Waals surface area contributed by atoms with Crippen LogP contribution in [0.1, 0.15) is 19.3 Å². The molecule has 0 aromatic rings. The number of unbranched alkanes of at least 4 members (excludes halogenated alkanes) is 1. The third-order valence-electron chi connectivity index (χ3n) is 2.83. The SMILES string of the molecule is C=CCCCN1CCSC[C@@H]1CC(=O)OC. The van der Waals surface area contributed by atoms with Gasteiger partial charge in [0.2, 0.25) is 0 Å². The van der Waals surface area contributed by atoms with Gasteiger partial charge in [0.25, 0.3) is 0 Å². The van der Waals surface area contributed by atoms with E-state index in [0.29, 0.717) is 12.5 Å².